The van der Waals surface area contributed by atoms with Gasteiger partial charge in [0.1, 0.15) is 11.3 Å². The summed E-state index contributed by atoms with van der Waals surface area (Å²) in [6, 6.07) is 6.33. The van der Waals surface area contributed by atoms with E-state index >= 15 is 0 Å². The van der Waals surface area contributed by atoms with Crippen molar-refractivity contribution in [3.05, 3.63) is 44.9 Å². The number of hydrogen-bond acceptors (Lipinski definition) is 8. The number of nitrogens with one attached hydrogen (secondary N) is 1. The van der Waals surface area contributed by atoms with E-state index in [9.17, 15) is 24.3 Å². The summed E-state index contributed by atoms with van der Waals surface area (Å²) in [5.74, 6) is -1.67. The van der Waals surface area contributed by atoms with Gasteiger partial charge in [-0.3, -0.25) is 9.59 Å². The SMILES string of the molecule is C[C@@H](O)[C@H]1C(=O)N2C(C(=O)OCC(=O)c3ccc(Br)cc3)=C(SCCNC(=O)OC(C)(C)CBr)C[C@H]12. The lowest BCUT2D eigenvalue weighted by Gasteiger charge is -2.44. The number of fused-ring (bicyclic) bond motifs is 1. The molecule has 196 valence electrons. The van der Waals surface area contributed by atoms with Crippen LogP contribution in [0.25, 0.3) is 0 Å². The molecule has 0 bridgehead atoms. The monoisotopic (exact) mass is 646 g/mol. The van der Waals surface area contributed by atoms with Gasteiger partial charge in [-0.15, -0.1) is 11.8 Å². The molecule has 1 fully saturated rings. The number of benzene rings is 1. The van der Waals surface area contributed by atoms with Crippen molar-refractivity contribution in [2.24, 2.45) is 5.92 Å². The number of β-lactam (4-membered cyclic amide) rings is 1. The maximum Gasteiger partial charge on any atom is 0.407 e. The number of hydrogen-bond donors (Lipinski definition) is 2. The Morgan fingerprint density at radius 1 is 1.28 bits per heavy atom. The van der Waals surface area contributed by atoms with E-state index in [1.165, 1.54) is 16.7 Å². The molecule has 1 aromatic rings. The minimum Gasteiger partial charge on any atom is -0.453 e. The highest BCUT2D eigenvalue weighted by Crippen LogP contribution is 2.47. The number of alkyl carbamates (subject to hydrolysis) is 1. The number of aliphatic hydroxyl groups is 1. The zero-order valence-electron chi connectivity index (χ0n) is 20.1. The summed E-state index contributed by atoms with van der Waals surface area (Å²) < 4.78 is 11.4. The van der Waals surface area contributed by atoms with E-state index in [-0.39, 0.29) is 30.0 Å². The van der Waals surface area contributed by atoms with E-state index < -0.39 is 36.3 Å². The molecule has 3 atom stereocenters. The van der Waals surface area contributed by atoms with Crippen molar-refractivity contribution in [2.75, 3.05) is 24.2 Å². The molecule has 1 saturated heterocycles. The standard InChI is InChI=1S/C24H28Br2N2O7S/c1-13(29)19-16-10-18(36-9-8-27-23(33)35-24(2,3)12-25)20(28(16)21(19)31)22(32)34-11-17(30)14-4-6-15(26)7-5-14/h4-7,13,16,19,29H,8-12H2,1-3H3,(H,27,33)/t13-,16-,19-/m1/s1. The van der Waals surface area contributed by atoms with Crippen molar-refractivity contribution < 1.29 is 33.8 Å². The zero-order valence-corrected chi connectivity index (χ0v) is 24.1. The number of esters is 1. The molecule has 9 nitrogen and oxygen atoms in total. The Morgan fingerprint density at radius 3 is 2.56 bits per heavy atom. The van der Waals surface area contributed by atoms with Gasteiger partial charge in [0.15, 0.2) is 12.4 Å². The number of ketones is 1. The Kier molecular flexibility index (Phi) is 9.64. The number of carbonyl (C=O) groups is 4. The van der Waals surface area contributed by atoms with Gasteiger partial charge < -0.3 is 24.8 Å². The van der Waals surface area contributed by atoms with Crippen LogP contribution in [0.15, 0.2) is 39.3 Å². The molecule has 0 aromatic heterocycles. The molecule has 2 heterocycles. The molecule has 2 amide bonds. The zero-order chi connectivity index (χ0) is 26.6. The Balaban J connectivity index is 1.64. The molecule has 0 saturated carbocycles. The van der Waals surface area contributed by atoms with Crippen LogP contribution < -0.4 is 5.32 Å². The van der Waals surface area contributed by atoms with Crippen molar-refractivity contribution in [1.29, 1.82) is 0 Å². The lowest BCUT2D eigenvalue weighted by molar-refractivity contribution is -0.162. The number of Topliss-reactive ketones (excluding diaryl/α,β-unsaturated/α-hetero) is 1. The lowest BCUT2D eigenvalue weighted by atomic mass is 9.83. The van der Waals surface area contributed by atoms with Crippen LogP contribution in [0.3, 0.4) is 0 Å². The minimum atomic E-state index is -0.853. The molecular formula is C24H28Br2N2O7S. The summed E-state index contributed by atoms with van der Waals surface area (Å²) in [6.45, 7) is 4.90. The lowest BCUT2D eigenvalue weighted by Crippen LogP contribution is -2.61. The van der Waals surface area contributed by atoms with Crippen molar-refractivity contribution in [3.8, 4) is 0 Å². The number of nitrogens with zero attached hydrogens (tertiary/aromatic N) is 1. The first-order chi connectivity index (χ1) is 16.9. The van der Waals surface area contributed by atoms with E-state index in [0.29, 0.717) is 28.0 Å². The Hall–Kier alpha value is -1.89. The van der Waals surface area contributed by atoms with Gasteiger partial charge in [-0.05, 0) is 32.9 Å². The van der Waals surface area contributed by atoms with Crippen molar-refractivity contribution in [3.63, 3.8) is 0 Å². The number of halogens is 2. The van der Waals surface area contributed by atoms with E-state index in [0.717, 1.165) is 4.47 Å². The Bertz CT molecular complexity index is 1060. The fraction of sp³-hybridized carbons (Fsp3) is 0.500. The predicted octanol–water partition coefficient (Wildman–Crippen LogP) is 3.63. The highest BCUT2D eigenvalue weighted by atomic mass is 79.9. The van der Waals surface area contributed by atoms with Gasteiger partial charge in [-0.1, -0.05) is 44.0 Å². The van der Waals surface area contributed by atoms with Gasteiger partial charge >= 0.3 is 12.1 Å². The van der Waals surface area contributed by atoms with Gasteiger partial charge in [0.25, 0.3) is 0 Å². The number of rotatable bonds is 11. The smallest absolute Gasteiger partial charge is 0.407 e. The molecule has 2 aliphatic rings. The van der Waals surface area contributed by atoms with Crippen LogP contribution in [0, 0.1) is 5.92 Å². The number of amides is 2. The molecule has 2 N–H and O–H groups in total. The molecule has 3 rings (SSSR count). The normalized spacial score (nSPS) is 19.9. The molecule has 0 radical (unpaired) electrons. The van der Waals surface area contributed by atoms with Crippen molar-refractivity contribution in [2.45, 2.75) is 44.9 Å². The van der Waals surface area contributed by atoms with Crippen LogP contribution in [0.1, 0.15) is 37.6 Å². The van der Waals surface area contributed by atoms with E-state index in [1.807, 2.05) is 0 Å². The Labute approximate surface area is 230 Å². The van der Waals surface area contributed by atoms with Crippen LogP contribution >= 0.6 is 43.6 Å². The molecular weight excluding hydrogens is 620 g/mol. The summed E-state index contributed by atoms with van der Waals surface area (Å²) in [6.07, 6.45) is -1.02. The first-order valence-electron chi connectivity index (χ1n) is 11.3. The highest BCUT2D eigenvalue weighted by Gasteiger charge is 2.57. The van der Waals surface area contributed by atoms with E-state index in [4.69, 9.17) is 9.47 Å². The van der Waals surface area contributed by atoms with Gasteiger partial charge in [-0.25, -0.2) is 9.59 Å². The van der Waals surface area contributed by atoms with Gasteiger partial charge in [0.2, 0.25) is 5.91 Å². The summed E-state index contributed by atoms with van der Waals surface area (Å²) in [5.41, 5.74) is -0.161. The quantitative estimate of drug-likeness (QED) is 0.123. The van der Waals surface area contributed by atoms with Gasteiger partial charge in [0.05, 0.1) is 18.1 Å². The van der Waals surface area contributed by atoms with Crippen LogP contribution in [0.4, 0.5) is 4.79 Å². The summed E-state index contributed by atoms with van der Waals surface area (Å²) in [7, 11) is 0. The number of carbonyl (C=O) groups excluding carboxylic acids is 4. The number of alkyl halides is 1. The summed E-state index contributed by atoms with van der Waals surface area (Å²) >= 11 is 7.91. The fourth-order valence-corrected chi connectivity index (χ4v) is 5.35. The maximum atomic E-state index is 13.0. The molecule has 0 unspecified atom stereocenters. The predicted molar refractivity (Wildman–Crippen MR) is 142 cm³/mol. The van der Waals surface area contributed by atoms with Crippen LogP contribution in [-0.4, -0.2) is 75.7 Å². The average Bonchev–Trinajstić information content (AvgIpc) is 3.14. The molecule has 1 aromatic carbocycles. The van der Waals surface area contributed by atoms with E-state index in [2.05, 4.69) is 37.2 Å². The third kappa shape index (κ3) is 6.70. The second-order valence-corrected chi connectivity index (χ2v) is 11.7. The molecule has 36 heavy (non-hydrogen) atoms. The summed E-state index contributed by atoms with van der Waals surface area (Å²) in [5, 5.41) is 13.2. The summed E-state index contributed by atoms with van der Waals surface area (Å²) in [4.78, 5) is 52.1. The molecule has 0 spiro atoms. The highest BCUT2D eigenvalue weighted by molar-refractivity contribution is 9.10. The average molecular weight is 648 g/mol. The van der Waals surface area contributed by atoms with Crippen molar-refractivity contribution >= 4 is 67.4 Å². The van der Waals surface area contributed by atoms with Crippen molar-refractivity contribution in [1.82, 2.24) is 10.2 Å². The van der Waals surface area contributed by atoms with Crippen LogP contribution in [0.2, 0.25) is 0 Å². The maximum absolute atomic E-state index is 13.0. The van der Waals surface area contributed by atoms with Gasteiger partial charge in [0, 0.05) is 39.0 Å². The topological polar surface area (TPSA) is 122 Å². The third-order valence-corrected chi connectivity index (χ3v) is 8.72. The molecule has 0 aliphatic carbocycles. The number of aliphatic hydroxyl groups excluding tert-OH is 1. The van der Waals surface area contributed by atoms with Crippen LogP contribution in [0.5, 0.6) is 0 Å². The largest absolute Gasteiger partial charge is 0.453 e. The molecule has 2 aliphatic heterocycles. The van der Waals surface area contributed by atoms with Crippen LogP contribution in [-0.2, 0) is 19.1 Å². The van der Waals surface area contributed by atoms with E-state index in [1.54, 1.807) is 45.0 Å². The number of thioether (sulfide) groups is 1. The second kappa shape index (κ2) is 12.1. The number of ether oxygens (including phenoxy) is 2. The minimum absolute atomic E-state index is 0.0958. The third-order valence-electron chi connectivity index (χ3n) is 5.72. The first kappa shape index (κ1) is 28.7. The molecule has 12 heteroatoms. The first-order valence-corrected chi connectivity index (χ1v) is 14.2. The van der Waals surface area contributed by atoms with Gasteiger partial charge in [-0.2, -0.15) is 0 Å². The second-order valence-electron chi connectivity index (χ2n) is 9.08. The Morgan fingerprint density at radius 2 is 1.94 bits per heavy atom. The fourth-order valence-electron chi connectivity index (χ4n) is 3.91.